The molecule has 1 aromatic heterocycles. The minimum Gasteiger partial charge on any atom is -0.488 e. The molecule has 2 aromatic carbocycles. The first kappa shape index (κ1) is 38.1. The van der Waals surface area contributed by atoms with Crippen LogP contribution in [0.5, 0.6) is 5.75 Å². The van der Waals surface area contributed by atoms with Crippen LogP contribution in [0, 0.1) is 5.92 Å². The second kappa shape index (κ2) is 15.9. The summed E-state index contributed by atoms with van der Waals surface area (Å²) in [5, 5.41) is 8.68. The van der Waals surface area contributed by atoms with E-state index in [1.165, 1.54) is 11.0 Å². The van der Waals surface area contributed by atoms with E-state index in [1.807, 2.05) is 73.7 Å². The molecule has 3 heterocycles. The Labute approximate surface area is 321 Å². The molecular weight excluding hydrogens is 721 g/mol. The number of benzene rings is 2. The second-order valence-corrected chi connectivity index (χ2v) is 16.9. The van der Waals surface area contributed by atoms with Gasteiger partial charge in [0.05, 0.1) is 23.0 Å². The molecule has 5 amide bonds. The van der Waals surface area contributed by atoms with Crippen molar-refractivity contribution < 1.29 is 32.3 Å². The molecule has 290 valence electrons. The van der Waals surface area contributed by atoms with Gasteiger partial charge in [-0.15, -0.1) is 6.58 Å². The van der Waals surface area contributed by atoms with Crippen LogP contribution < -0.4 is 25.4 Å². The fraction of sp³-hybridized carbons (Fsp3) is 0.439. The van der Waals surface area contributed by atoms with E-state index in [1.54, 1.807) is 0 Å². The Morgan fingerprint density at radius 2 is 1.93 bits per heavy atom. The number of urea groups is 1. The summed E-state index contributed by atoms with van der Waals surface area (Å²) in [4.78, 5) is 61.9. The lowest BCUT2D eigenvalue weighted by Gasteiger charge is -2.30. The van der Waals surface area contributed by atoms with E-state index in [0.29, 0.717) is 55.6 Å². The van der Waals surface area contributed by atoms with Gasteiger partial charge in [0.2, 0.25) is 21.8 Å². The SMILES string of the molecule is C=CC1C[C@]1(NC(=O)[C@@H]1C[C@@H]2CN1C(=O)[C@H](CCCC)NC(=O)NCCC/C=C/c1ccc3nc(-c4ccccc4)cc(c3c1)O2)C(=O)NS(=O)(=O)C1CC1. The number of nitrogens with zero attached hydrogens (tertiary/aromatic N) is 2. The number of allylic oxidation sites excluding steroid dienone is 1. The highest BCUT2D eigenvalue weighted by Gasteiger charge is 2.62. The molecule has 2 saturated carbocycles. The van der Waals surface area contributed by atoms with Crippen molar-refractivity contribution in [2.45, 2.75) is 93.7 Å². The summed E-state index contributed by atoms with van der Waals surface area (Å²) < 4.78 is 34.5. The molecule has 1 saturated heterocycles. The topological polar surface area (TPSA) is 176 Å². The van der Waals surface area contributed by atoms with Crippen molar-refractivity contribution in [1.82, 2.24) is 30.6 Å². The molecule has 4 aliphatic rings. The summed E-state index contributed by atoms with van der Waals surface area (Å²) in [7, 11) is -3.89. The highest BCUT2D eigenvalue weighted by Crippen LogP contribution is 2.45. The normalized spacial score (nSPS) is 26.2. The maximum absolute atomic E-state index is 14.5. The van der Waals surface area contributed by atoms with Gasteiger partial charge in [0.15, 0.2) is 0 Å². The van der Waals surface area contributed by atoms with Crippen molar-refractivity contribution in [3.05, 3.63) is 78.9 Å². The van der Waals surface area contributed by atoms with Gasteiger partial charge in [-0.05, 0) is 56.2 Å². The first-order valence-electron chi connectivity index (χ1n) is 19.2. The number of rotatable bonds is 10. The summed E-state index contributed by atoms with van der Waals surface area (Å²) >= 11 is 0. The van der Waals surface area contributed by atoms with Gasteiger partial charge in [0.25, 0.3) is 5.91 Å². The summed E-state index contributed by atoms with van der Waals surface area (Å²) in [6.45, 7) is 6.21. The average molecular weight is 769 g/mol. The van der Waals surface area contributed by atoms with Crippen LogP contribution in [0.25, 0.3) is 28.2 Å². The first-order chi connectivity index (χ1) is 26.5. The number of ether oxygens (including phenoxy) is 1. The average Bonchev–Trinajstić information content (AvgIpc) is 4.11. The third-order valence-electron chi connectivity index (χ3n) is 10.8. The number of sulfonamides is 1. The van der Waals surface area contributed by atoms with E-state index in [-0.39, 0.29) is 19.4 Å². The maximum Gasteiger partial charge on any atom is 0.315 e. The lowest BCUT2D eigenvalue weighted by molar-refractivity contribution is -0.141. The Morgan fingerprint density at radius 1 is 1.13 bits per heavy atom. The minimum atomic E-state index is -3.89. The van der Waals surface area contributed by atoms with Crippen LogP contribution in [0.1, 0.15) is 70.3 Å². The molecule has 3 aromatic rings. The van der Waals surface area contributed by atoms with Gasteiger partial charge in [-0.25, -0.2) is 18.2 Å². The summed E-state index contributed by atoms with van der Waals surface area (Å²) in [5.74, 6) is -1.86. The Balaban J connectivity index is 1.25. The highest BCUT2D eigenvalue weighted by molar-refractivity contribution is 7.91. The number of unbranched alkanes of at least 4 members (excludes halogenated alkanes) is 1. The second-order valence-electron chi connectivity index (χ2n) is 15.0. The number of hydrogen-bond acceptors (Lipinski definition) is 8. The summed E-state index contributed by atoms with van der Waals surface area (Å²) in [6.07, 6.45) is 9.28. The molecule has 4 bridgehead atoms. The standard InChI is InChI=1S/C41H48N6O7S/c1-3-5-15-33-38(49)47-25-29(22-35(47)37(48)45-41(24-28(41)4-2)39(50)46-55(52,53)30-17-18-30)54-36-23-34(27-13-9-6-10-14-27)43-32-19-16-26(21-31(32)36)12-8-7-11-20-42-40(51)44-33/h4,6,8-10,12-14,16,19,21,23,28-30,33,35H,2-3,5,7,11,15,17-18,20,22,24-25H2,1H3,(H,45,48)(H,46,50)(H2,42,44,51)/b12-8+/t28?,29-,33+,35+,41-/m1/s1. The van der Waals surface area contributed by atoms with Gasteiger partial charge in [-0.1, -0.05) is 74.4 Å². The van der Waals surface area contributed by atoms with Crippen LogP contribution >= 0.6 is 0 Å². The summed E-state index contributed by atoms with van der Waals surface area (Å²) in [5.41, 5.74) is 1.71. The molecule has 14 heteroatoms. The molecular formula is C41H48N6O7S. The van der Waals surface area contributed by atoms with Crippen LogP contribution in [0.3, 0.4) is 0 Å². The number of hydrogen-bond donors (Lipinski definition) is 4. The number of carbonyl (C=O) groups excluding carboxylic acids is 4. The molecule has 3 fully saturated rings. The zero-order valence-corrected chi connectivity index (χ0v) is 31.8. The molecule has 55 heavy (non-hydrogen) atoms. The monoisotopic (exact) mass is 768 g/mol. The van der Waals surface area contributed by atoms with Gasteiger partial charge in [-0.3, -0.25) is 19.1 Å². The lowest BCUT2D eigenvalue weighted by atomic mass is 10.1. The third kappa shape index (κ3) is 8.38. The van der Waals surface area contributed by atoms with Crippen molar-refractivity contribution in [1.29, 1.82) is 0 Å². The number of amides is 5. The molecule has 13 nitrogen and oxygen atoms in total. The van der Waals surface area contributed by atoms with E-state index >= 15 is 0 Å². The number of carbonyl (C=O) groups is 4. The van der Waals surface area contributed by atoms with Crippen molar-refractivity contribution in [2.75, 3.05) is 13.1 Å². The first-order valence-corrected chi connectivity index (χ1v) is 20.7. The molecule has 4 N–H and O–H groups in total. The molecule has 0 radical (unpaired) electrons. The van der Waals surface area contributed by atoms with Crippen LogP contribution in [0.4, 0.5) is 4.79 Å². The maximum atomic E-state index is 14.5. The van der Waals surface area contributed by atoms with E-state index in [0.717, 1.165) is 29.4 Å². The Kier molecular flexibility index (Phi) is 11.0. The predicted molar refractivity (Wildman–Crippen MR) is 209 cm³/mol. The van der Waals surface area contributed by atoms with Crippen molar-refractivity contribution in [3.8, 4) is 17.0 Å². The molecule has 7 rings (SSSR count). The zero-order chi connectivity index (χ0) is 38.7. The van der Waals surface area contributed by atoms with E-state index in [4.69, 9.17) is 9.72 Å². The van der Waals surface area contributed by atoms with Crippen molar-refractivity contribution in [3.63, 3.8) is 0 Å². The Morgan fingerprint density at radius 3 is 2.65 bits per heavy atom. The molecule has 1 unspecified atom stereocenters. The Hall–Kier alpha value is -5.24. The van der Waals surface area contributed by atoms with E-state index in [2.05, 4.69) is 27.3 Å². The van der Waals surface area contributed by atoms with Gasteiger partial charge in [0.1, 0.15) is 29.5 Å². The number of pyridine rings is 1. The fourth-order valence-electron chi connectivity index (χ4n) is 7.46. The van der Waals surface area contributed by atoms with Gasteiger partial charge >= 0.3 is 6.03 Å². The quantitative estimate of drug-likeness (QED) is 0.217. The molecule has 2 aliphatic carbocycles. The van der Waals surface area contributed by atoms with Crippen LogP contribution in [-0.4, -0.2) is 84.1 Å². The van der Waals surface area contributed by atoms with Crippen molar-refractivity contribution in [2.24, 2.45) is 5.92 Å². The van der Waals surface area contributed by atoms with Crippen molar-refractivity contribution >= 4 is 50.8 Å². The summed E-state index contributed by atoms with van der Waals surface area (Å²) in [6, 6.07) is 15.0. The minimum absolute atomic E-state index is 0.0209. The predicted octanol–water partition coefficient (Wildman–Crippen LogP) is 4.58. The van der Waals surface area contributed by atoms with Crippen LogP contribution in [0.15, 0.2) is 73.3 Å². The number of fused-ring (bicyclic) bond motifs is 3. The number of aromatic nitrogens is 1. The molecule has 0 spiro atoms. The fourth-order valence-corrected chi connectivity index (χ4v) is 8.82. The van der Waals surface area contributed by atoms with Gasteiger partial charge in [-0.2, -0.15) is 0 Å². The Bertz CT molecular complexity index is 2120. The zero-order valence-electron chi connectivity index (χ0n) is 31.0. The van der Waals surface area contributed by atoms with E-state index in [9.17, 15) is 27.6 Å². The number of nitrogens with one attached hydrogen (secondary N) is 4. The van der Waals surface area contributed by atoms with Gasteiger partial charge in [0, 0.05) is 35.9 Å². The van der Waals surface area contributed by atoms with Crippen LogP contribution in [-0.2, 0) is 24.4 Å². The van der Waals surface area contributed by atoms with E-state index < -0.39 is 68.7 Å². The lowest BCUT2D eigenvalue weighted by Crippen LogP contribution is -2.58. The van der Waals surface area contributed by atoms with Gasteiger partial charge < -0.3 is 25.6 Å². The third-order valence-corrected chi connectivity index (χ3v) is 12.7. The largest absolute Gasteiger partial charge is 0.488 e. The molecule has 5 atom stereocenters. The smallest absolute Gasteiger partial charge is 0.315 e. The molecule has 2 aliphatic heterocycles. The van der Waals surface area contributed by atoms with Crippen LogP contribution in [0.2, 0.25) is 0 Å². The highest BCUT2D eigenvalue weighted by atomic mass is 32.2.